The number of benzene rings is 1. The molecule has 0 aliphatic carbocycles. The standard InChI is InChI=1S/C13H19ClN2O/c1-4-16(8-9(2)3)13(17)11-7-10(14)5-6-12(11)15/h5-7,9H,4,8,15H2,1-3H3. The number of carbonyl (C=O) groups excluding carboxylic acids is 1. The first kappa shape index (κ1) is 13.8. The van der Waals surface area contributed by atoms with Crippen molar-refractivity contribution in [1.29, 1.82) is 0 Å². The predicted octanol–water partition coefficient (Wildman–Crippen LogP) is 3.04. The Balaban J connectivity index is 2.97. The van der Waals surface area contributed by atoms with Crippen LogP contribution in [0.1, 0.15) is 31.1 Å². The average molecular weight is 255 g/mol. The maximum absolute atomic E-state index is 12.3. The Hall–Kier alpha value is -1.22. The molecule has 0 unspecified atom stereocenters. The van der Waals surface area contributed by atoms with E-state index in [1.807, 2.05) is 6.92 Å². The van der Waals surface area contributed by atoms with Crippen LogP contribution >= 0.6 is 11.6 Å². The molecule has 3 nitrogen and oxygen atoms in total. The summed E-state index contributed by atoms with van der Waals surface area (Å²) in [5.41, 5.74) is 6.77. The SMILES string of the molecule is CCN(CC(C)C)C(=O)c1cc(Cl)ccc1N. The molecule has 4 heteroatoms. The summed E-state index contributed by atoms with van der Waals surface area (Å²) < 4.78 is 0. The highest BCUT2D eigenvalue weighted by molar-refractivity contribution is 6.31. The zero-order valence-corrected chi connectivity index (χ0v) is 11.3. The lowest BCUT2D eigenvalue weighted by atomic mass is 10.1. The molecule has 0 aliphatic rings. The van der Waals surface area contributed by atoms with Gasteiger partial charge in [-0.2, -0.15) is 0 Å². The molecule has 0 saturated heterocycles. The number of carbonyl (C=O) groups is 1. The lowest BCUT2D eigenvalue weighted by Crippen LogP contribution is -2.34. The van der Waals surface area contributed by atoms with E-state index in [-0.39, 0.29) is 5.91 Å². The molecule has 2 N–H and O–H groups in total. The summed E-state index contributed by atoms with van der Waals surface area (Å²) in [5, 5.41) is 0.531. The van der Waals surface area contributed by atoms with Gasteiger partial charge in [-0.3, -0.25) is 4.79 Å². The second-order valence-corrected chi connectivity index (χ2v) is 4.91. The molecule has 1 rings (SSSR count). The van der Waals surface area contributed by atoms with E-state index < -0.39 is 0 Å². The molecule has 0 fully saturated rings. The van der Waals surface area contributed by atoms with Gasteiger partial charge in [0.15, 0.2) is 0 Å². The molecule has 0 aliphatic heterocycles. The molecule has 1 aromatic carbocycles. The fourth-order valence-corrected chi connectivity index (χ4v) is 1.85. The Bertz CT molecular complexity index is 404. The highest BCUT2D eigenvalue weighted by Crippen LogP contribution is 2.20. The van der Waals surface area contributed by atoms with E-state index in [1.54, 1.807) is 23.1 Å². The first-order valence-electron chi connectivity index (χ1n) is 5.80. The van der Waals surface area contributed by atoms with Crippen molar-refractivity contribution in [3.05, 3.63) is 28.8 Å². The minimum absolute atomic E-state index is 0.0544. The van der Waals surface area contributed by atoms with Crippen molar-refractivity contribution in [2.45, 2.75) is 20.8 Å². The Morgan fingerprint density at radius 3 is 2.65 bits per heavy atom. The number of hydrogen-bond donors (Lipinski definition) is 1. The summed E-state index contributed by atoms with van der Waals surface area (Å²) in [4.78, 5) is 14.1. The van der Waals surface area contributed by atoms with Crippen LogP contribution in [-0.4, -0.2) is 23.9 Å². The maximum atomic E-state index is 12.3. The van der Waals surface area contributed by atoms with Crippen LogP contribution in [0, 0.1) is 5.92 Å². The number of nitrogens with two attached hydrogens (primary N) is 1. The Kier molecular flexibility index (Phi) is 4.82. The van der Waals surface area contributed by atoms with Gasteiger partial charge >= 0.3 is 0 Å². The largest absolute Gasteiger partial charge is 0.398 e. The van der Waals surface area contributed by atoms with Crippen LogP contribution in [0.3, 0.4) is 0 Å². The van der Waals surface area contributed by atoms with E-state index in [9.17, 15) is 4.79 Å². The van der Waals surface area contributed by atoms with E-state index in [2.05, 4.69) is 13.8 Å². The van der Waals surface area contributed by atoms with E-state index in [1.165, 1.54) is 0 Å². The lowest BCUT2D eigenvalue weighted by Gasteiger charge is -2.23. The van der Waals surface area contributed by atoms with Gasteiger partial charge in [0, 0.05) is 23.8 Å². The molecule has 17 heavy (non-hydrogen) atoms. The summed E-state index contributed by atoms with van der Waals surface area (Å²) in [6.45, 7) is 7.51. The minimum Gasteiger partial charge on any atom is -0.398 e. The molecule has 0 bridgehead atoms. The smallest absolute Gasteiger partial charge is 0.255 e. The fourth-order valence-electron chi connectivity index (χ4n) is 1.68. The Morgan fingerprint density at radius 1 is 1.47 bits per heavy atom. The van der Waals surface area contributed by atoms with Gasteiger partial charge in [-0.1, -0.05) is 25.4 Å². The molecule has 0 spiro atoms. The number of amides is 1. The van der Waals surface area contributed by atoms with Gasteiger partial charge in [0.1, 0.15) is 0 Å². The van der Waals surface area contributed by atoms with Crippen molar-refractivity contribution < 1.29 is 4.79 Å². The third kappa shape index (κ3) is 3.63. The predicted molar refractivity (Wildman–Crippen MR) is 72.3 cm³/mol. The maximum Gasteiger partial charge on any atom is 0.255 e. The highest BCUT2D eigenvalue weighted by Gasteiger charge is 2.17. The zero-order chi connectivity index (χ0) is 13.0. The topological polar surface area (TPSA) is 46.3 Å². The average Bonchev–Trinajstić information content (AvgIpc) is 2.28. The minimum atomic E-state index is -0.0544. The van der Waals surface area contributed by atoms with Crippen LogP contribution in [0.5, 0.6) is 0 Å². The Labute approximate surface area is 108 Å². The van der Waals surface area contributed by atoms with Crippen LogP contribution in [-0.2, 0) is 0 Å². The first-order chi connectivity index (χ1) is 7.95. The quantitative estimate of drug-likeness (QED) is 0.840. The molecule has 0 saturated carbocycles. The second-order valence-electron chi connectivity index (χ2n) is 4.47. The van der Waals surface area contributed by atoms with Gasteiger partial charge < -0.3 is 10.6 Å². The molecular weight excluding hydrogens is 236 g/mol. The summed E-state index contributed by atoms with van der Waals surface area (Å²) in [6, 6.07) is 4.98. The van der Waals surface area contributed by atoms with E-state index in [0.717, 1.165) is 6.54 Å². The number of rotatable bonds is 4. The van der Waals surface area contributed by atoms with Crippen LogP contribution in [0.2, 0.25) is 5.02 Å². The van der Waals surface area contributed by atoms with E-state index in [4.69, 9.17) is 17.3 Å². The molecule has 0 atom stereocenters. The van der Waals surface area contributed by atoms with Crippen LogP contribution in [0.25, 0.3) is 0 Å². The zero-order valence-electron chi connectivity index (χ0n) is 10.5. The van der Waals surface area contributed by atoms with Crippen molar-refractivity contribution in [3.63, 3.8) is 0 Å². The lowest BCUT2D eigenvalue weighted by molar-refractivity contribution is 0.0747. The Morgan fingerprint density at radius 2 is 2.12 bits per heavy atom. The third-order valence-electron chi connectivity index (χ3n) is 2.50. The third-order valence-corrected chi connectivity index (χ3v) is 2.74. The molecule has 0 heterocycles. The highest BCUT2D eigenvalue weighted by atomic mass is 35.5. The molecular formula is C13H19ClN2O. The molecule has 1 amide bonds. The van der Waals surface area contributed by atoms with Crippen molar-refractivity contribution in [3.8, 4) is 0 Å². The van der Waals surface area contributed by atoms with Gasteiger partial charge in [0.2, 0.25) is 0 Å². The first-order valence-corrected chi connectivity index (χ1v) is 6.17. The molecule has 0 aromatic heterocycles. The van der Waals surface area contributed by atoms with E-state index in [0.29, 0.717) is 28.7 Å². The van der Waals surface area contributed by atoms with Gasteiger partial charge in [0.25, 0.3) is 5.91 Å². The summed E-state index contributed by atoms with van der Waals surface area (Å²) in [6.07, 6.45) is 0. The van der Waals surface area contributed by atoms with E-state index >= 15 is 0 Å². The summed E-state index contributed by atoms with van der Waals surface area (Å²) >= 11 is 5.89. The normalized spacial score (nSPS) is 10.6. The second kappa shape index (κ2) is 5.92. The number of anilines is 1. The summed E-state index contributed by atoms with van der Waals surface area (Å²) in [5.74, 6) is 0.375. The number of nitrogens with zero attached hydrogens (tertiary/aromatic N) is 1. The van der Waals surface area contributed by atoms with Gasteiger partial charge in [-0.05, 0) is 31.0 Å². The van der Waals surface area contributed by atoms with Gasteiger partial charge in [-0.15, -0.1) is 0 Å². The van der Waals surface area contributed by atoms with Gasteiger partial charge in [0.05, 0.1) is 5.56 Å². The molecule has 0 radical (unpaired) electrons. The van der Waals surface area contributed by atoms with Crippen molar-refractivity contribution >= 4 is 23.2 Å². The van der Waals surface area contributed by atoms with Crippen molar-refractivity contribution in [1.82, 2.24) is 4.90 Å². The van der Waals surface area contributed by atoms with Crippen LogP contribution in [0.4, 0.5) is 5.69 Å². The molecule has 94 valence electrons. The number of nitrogen functional groups attached to an aromatic ring is 1. The van der Waals surface area contributed by atoms with Crippen LogP contribution < -0.4 is 5.73 Å². The van der Waals surface area contributed by atoms with Crippen molar-refractivity contribution in [2.75, 3.05) is 18.8 Å². The number of halogens is 1. The molecule has 1 aromatic rings. The van der Waals surface area contributed by atoms with Gasteiger partial charge in [-0.25, -0.2) is 0 Å². The summed E-state index contributed by atoms with van der Waals surface area (Å²) in [7, 11) is 0. The monoisotopic (exact) mass is 254 g/mol. The number of hydrogen-bond acceptors (Lipinski definition) is 2. The van der Waals surface area contributed by atoms with Crippen molar-refractivity contribution in [2.24, 2.45) is 5.92 Å². The fraction of sp³-hybridized carbons (Fsp3) is 0.462. The van der Waals surface area contributed by atoms with Crippen LogP contribution in [0.15, 0.2) is 18.2 Å².